The summed E-state index contributed by atoms with van der Waals surface area (Å²) in [4.78, 5) is 0. The fraction of sp³-hybridized carbons (Fsp3) is 0.600. The van der Waals surface area contributed by atoms with Crippen LogP contribution in [0.3, 0.4) is 0 Å². The summed E-state index contributed by atoms with van der Waals surface area (Å²) < 4.78 is 39.6. The fourth-order valence-corrected chi connectivity index (χ4v) is 4.59. The van der Waals surface area contributed by atoms with Crippen molar-refractivity contribution >= 4 is 0 Å². The summed E-state index contributed by atoms with van der Waals surface area (Å²) in [5.41, 5.74) is 0.930. The van der Waals surface area contributed by atoms with Crippen molar-refractivity contribution in [3.05, 3.63) is 47.8 Å². The second-order valence-corrected chi connectivity index (χ2v) is 7.34. The van der Waals surface area contributed by atoms with Crippen LogP contribution in [0.4, 0.5) is 13.2 Å². The largest absolute Gasteiger partial charge is 0.212 e. The molecule has 126 valence electrons. The molecule has 23 heavy (non-hydrogen) atoms. The Bertz CT molecular complexity index is 550. The van der Waals surface area contributed by atoms with Gasteiger partial charge < -0.3 is 0 Å². The average molecular weight is 322 g/mol. The zero-order chi connectivity index (χ0) is 16.4. The molecule has 0 bridgehead atoms. The van der Waals surface area contributed by atoms with Crippen molar-refractivity contribution in [1.29, 1.82) is 0 Å². The zero-order valence-corrected chi connectivity index (χ0v) is 13.5. The normalized spacial score (nSPS) is 31.8. The van der Waals surface area contributed by atoms with E-state index in [0.29, 0.717) is 17.8 Å². The van der Waals surface area contributed by atoms with Crippen molar-refractivity contribution in [2.75, 3.05) is 0 Å². The van der Waals surface area contributed by atoms with Crippen LogP contribution in [0, 0.1) is 29.4 Å². The smallest absolute Gasteiger partial charge is 0.159 e. The van der Waals surface area contributed by atoms with Gasteiger partial charge in [-0.15, -0.1) is 0 Å². The minimum atomic E-state index is -0.770. The SMILES string of the molecule is C=C(F)C1CCC(C2CCC(c3ccc(F)c(F)c3)CC2)CC1. The minimum absolute atomic E-state index is 0.0739. The Kier molecular flexibility index (Phi) is 5.13. The Hall–Kier alpha value is -1.25. The van der Waals surface area contributed by atoms with Gasteiger partial charge in [-0.2, -0.15) is 0 Å². The lowest BCUT2D eigenvalue weighted by molar-refractivity contribution is 0.162. The van der Waals surface area contributed by atoms with E-state index >= 15 is 0 Å². The molecule has 0 nitrogen and oxygen atoms in total. The number of hydrogen-bond acceptors (Lipinski definition) is 0. The maximum absolute atomic E-state index is 13.4. The van der Waals surface area contributed by atoms with Crippen molar-refractivity contribution in [1.82, 2.24) is 0 Å². The first kappa shape index (κ1) is 16.6. The highest BCUT2D eigenvalue weighted by molar-refractivity contribution is 5.22. The van der Waals surface area contributed by atoms with Crippen molar-refractivity contribution < 1.29 is 13.2 Å². The lowest BCUT2D eigenvalue weighted by atomic mass is 9.68. The molecule has 2 fully saturated rings. The summed E-state index contributed by atoms with van der Waals surface area (Å²) in [6.07, 6.45) is 8.47. The molecule has 0 unspecified atom stereocenters. The minimum Gasteiger partial charge on any atom is -0.212 e. The van der Waals surface area contributed by atoms with Gasteiger partial charge in [-0.1, -0.05) is 12.6 Å². The van der Waals surface area contributed by atoms with Crippen molar-refractivity contribution in [2.45, 2.75) is 57.3 Å². The predicted octanol–water partition coefficient (Wildman–Crippen LogP) is 6.53. The van der Waals surface area contributed by atoms with Gasteiger partial charge in [0, 0.05) is 5.92 Å². The first-order chi connectivity index (χ1) is 11.0. The summed E-state index contributed by atoms with van der Waals surface area (Å²) in [5, 5.41) is 0. The highest BCUT2D eigenvalue weighted by atomic mass is 19.2. The Balaban J connectivity index is 1.52. The van der Waals surface area contributed by atoms with Crippen LogP contribution in [0.5, 0.6) is 0 Å². The Morgan fingerprint density at radius 3 is 1.91 bits per heavy atom. The molecular formula is C20H25F3. The van der Waals surface area contributed by atoms with Gasteiger partial charge in [-0.05, 0) is 86.8 Å². The number of rotatable bonds is 3. The maximum Gasteiger partial charge on any atom is 0.159 e. The molecule has 0 saturated heterocycles. The van der Waals surface area contributed by atoms with E-state index in [1.54, 1.807) is 6.07 Å². The molecule has 1 aromatic carbocycles. The van der Waals surface area contributed by atoms with Gasteiger partial charge in [0.25, 0.3) is 0 Å². The van der Waals surface area contributed by atoms with E-state index in [-0.39, 0.29) is 11.7 Å². The number of allylic oxidation sites excluding steroid dienone is 1. The second kappa shape index (κ2) is 7.11. The monoisotopic (exact) mass is 322 g/mol. The van der Waals surface area contributed by atoms with Gasteiger partial charge in [0.2, 0.25) is 0 Å². The summed E-state index contributed by atoms with van der Waals surface area (Å²) in [6, 6.07) is 4.32. The number of halogens is 3. The van der Waals surface area contributed by atoms with Gasteiger partial charge in [-0.25, -0.2) is 13.2 Å². The van der Waals surface area contributed by atoms with Gasteiger partial charge in [0.05, 0.1) is 5.83 Å². The third-order valence-electron chi connectivity index (χ3n) is 6.07. The van der Waals surface area contributed by atoms with Crippen molar-refractivity contribution in [2.24, 2.45) is 17.8 Å². The standard InChI is InChI=1S/C20H25F3/c1-13(21)14-2-4-15(5-3-14)16-6-8-17(9-7-16)18-10-11-19(22)20(23)12-18/h10-12,14-17H,1-9H2. The van der Waals surface area contributed by atoms with Crippen LogP contribution in [-0.2, 0) is 0 Å². The molecule has 2 saturated carbocycles. The van der Waals surface area contributed by atoms with Crippen molar-refractivity contribution in [3.63, 3.8) is 0 Å². The number of hydrogen-bond donors (Lipinski definition) is 0. The molecule has 0 spiro atoms. The molecule has 0 aromatic heterocycles. The Morgan fingerprint density at radius 2 is 1.39 bits per heavy atom. The molecule has 3 rings (SSSR count). The molecule has 2 aliphatic rings. The molecule has 0 aliphatic heterocycles. The van der Waals surface area contributed by atoms with E-state index in [1.165, 1.54) is 12.1 Å². The van der Waals surface area contributed by atoms with Crippen LogP contribution in [-0.4, -0.2) is 0 Å². The molecule has 0 N–H and O–H groups in total. The van der Waals surface area contributed by atoms with E-state index < -0.39 is 11.6 Å². The molecule has 0 atom stereocenters. The average Bonchev–Trinajstić information content (AvgIpc) is 2.57. The van der Waals surface area contributed by atoms with E-state index in [2.05, 4.69) is 6.58 Å². The molecule has 0 radical (unpaired) electrons. The van der Waals surface area contributed by atoms with Gasteiger partial charge in [0.1, 0.15) is 0 Å². The topological polar surface area (TPSA) is 0 Å². The summed E-state index contributed by atoms with van der Waals surface area (Å²) in [5.74, 6) is 0.184. The molecular weight excluding hydrogens is 297 g/mol. The van der Waals surface area contributed by atoms with Gasteiger partial charge in [0.15, 0.2) is 11.6 Å². The third-order valence-corrected chi connectivity index (χ3v) is 6.07. The molecule has 1 aromatic rings. The van der Waals surface area contributed by atoms with Crippen LogP contribution < -0.4 is 0 Å². The van der Waals surface area contributed by atoms with E-state index in [9.17, 15) is 13.2 Å². The van der Waals surface area contributed by atoms with Crippen molar-refractivity contribution in [3.8, 4) is 0 Å². The molecule has 0 amide bonds. The summed E-state index contributed by atoms with van der Waals surface area (Å²) in [6.45, 7) is 3.45. The second-order valence-electron chi connectivity index (χ2n) is 7.34. The maximum atomic E-state index is 13.4. The third kappa shape index (κ3) is 3.81. The molecule has 2 aliphatic carbocycles. The number of benzene rings is 1. The van der Waals surface area contributed by atoms with Crippen LogP contribution >= 0.6 is 0 Å². The first-order valence-corrected chi connectivity index (χ1v) is 8.84. The van der Waals surface area contributed by atoms with E-state index in [4.69, 9.17) is 0 Å². The molecule has 3 heteroatoms. The Labute approximate surface area is 136 Å². The highest BCUT2D eigenvalue weighted by Crippen LogP contribution is 2.44. The van der Waals surface area contributed by atoms with Crippen LogP contribution in [0.1, 0.15) is 62.8 Å². The summed E-state index contributed by atoms with van der Waals surface area (Å²) >= 11 is 0. The van der Waals surface area contributed by atoms with Gasteiger partial charge >= 0.3 is 0 Å². The Morgan fingerprint density at radius 1 is 0.826 bits per heavy atom. The highest BCUT2D eigenvalue weighted by Gasteiger charge is 2.32. The fourth-order valence-electron chi connectivity index (χ4n) is 4.59. The van der Waals surface area contributed by atoms with E-state index in [0.717, 1.165) is 56.9 Å². The first-order valence-electron chi connectivity index (χ1n) is 8.84. The zero-order valence-electron chi connectivity index (χ0n) is 13.5. The van der Waals surface area contributed by atoms with Crippen LogP contribution in [0.2, 0.25) is 0 Å². The van der Waals surface area contributed by atoms with Gasteiger partial charge in [-0.3, -0.25) is 0 Å². The molecule has 0 heterocycles. The predicted molar refractivity (Wildman–Crippen MR) is 86.8 cm³/mol. The summed E-state index contributed by atoms with van der Waals surface area (Å²) in [7, 11) is 0. The van der Waals surface area contributed by atoms with Crippen LogP contribution in [0.25, 0.3) is 0 Å². The lowest BCUT2D eigenvalue weighted by Gasteiger charge is -2.37. The van der Waals surface area contributed by atoms with Crippen LogP contribution in [0.15, 0.2) is 30.6 Å². The van der Waals surface area contributed by atoms with E-state index in [1.807, 2.05) is 0 Å². The quantitative estimate of drug-likeness (QED) is 0.593. The lowest BCUT2D eigenvalue weighted by Crippen LogP contribution is -2.25.